The van der Waals surface area contributed by atoms with E-state index in [0.717, 1.165) is 0 Å². The van der Waals surface area contributed by atoms with E-state index in [0.29, 0.717) is 5.57 Å². The standard InChI is InChI=1S/C18H32O5Si/c1-11-12(16(20)22-17(2,3)4)13(19)15(21-8)14(11)23-24(9,10)18(5,6)7/h14-15H,1-10H3/t14-,15-/m0/s1. The molecule has 0 bridgehead atoms. The Morgan fingerprint density at radius 1 is 1.04 bits per heavy atom. The van der Waals surface area contributed by atoms with E-state index in [1.807, 2.05) is 0 Å². The number of hydrogen-bond donors (Lipinski definition) is 0. The SMILES string of the molecule is CO[C@H]1C(=O)C(C(=O)OC(C)(C)C)=C(C)[C@@H]1O[Si](C)(C)C(C)(C)C. The lowest BCUT2D eigenvalue weighted by Crippen LogP contribution is -2.47. The smallest absolute Gasteiger partial charge is 0.342 e. The number of rotatable bonds is 4. The first kappa shape index (κ1) is 21.1. The topological polar surface area (TPSA) is 61.8 Å². The van der Waals surface area contributed by atoms with Gasteiger partial charge in [0.1, 0.15) is 23.4 Å². The van der Waals surface area contributed by atoms with E-state index in [1.165, 1.54) is 7.11 Å². The maximum Gasteiger partial charge on any atom is 0.342 e. The lowest BCUT2D eigenvalue weighted by molar-refractivity contribution is -0.151. The second kappa shape index (κ2) is 6.73. The summed E-state index contributed by atoms with van der Waals surface area (Å²) in [6.45, 7) is 17.7. The van der Waals surface area contributed by atoms with Gasteiger partial charge in [0.15, 0.2) is 8.32 Å². The fraction of sp³-hybridized carbons (Fsp3) is 0.778. The van der Waals surface area contributed by atoms with E-state index < -0.39 is 32.1 Å². The van der Waals surface area contributed by atoms with E-state index in [2.05, 4.69) is 33.9 Å². The number of hydrogen-bond acceptors (Lipinski definition) is 5. The molecule has 2 atom stereocenters. The number of carbonyl (C=O) groups excluding carboxylic acids is 2. The van der Waals surface area contributed by atoms with Crippen molar-refractivity contribution in [3.05, 3.63) is 11.1 Å². The number of ether oxygens (including phenoxy) is 2. The Labute approximate surface area is 146 Å². The van der Waals surface area contributed by atoms with Crippen LogP contribution in [0.25, 0.3) is 0 Å². The molecule has 0 radical (unpaired) electrons. The van der Waals surface area contributed by atoms with Gasteiger partial charge in [-0.1, -0.05) is 20.8 Å². The van der Waals surface area contributed by atoms with Gasteiger partial charge in [-0.05, 0) is 51.4 Å². The maximum atomic E-state index is 12.7. The summed E-state index contributed by atoms with van der Waals surface area (Å²) in [5.74, 6) is -0.957. The Balaban J connectivity index is 3.21. The summed E-state index contributed by atoms with van der Waals surface area (Å²) in [6, 6.07) is 0. The predicted molar refractivity (Wildman–Crippen MR) is 96.4 cm³/mol. The molecule has 138 valence electrons. The molecule has 0 aromatic heterocycles. The average Bonchev–Trinajstić information content (AvgIpc) is 2.56. The van der Waals surface area contributed by atoms with Gasteiger partial charge in [-0.15, -0.1) is 0 Å². The molecule has 1 rings (SSSR count). The van der Waals surface area contributed by atoms with Crippen LogP contribution in [0.15, 0.2) is 11.1 Å². The molecule has 0 heterocycles. The van der Waals surface area contributed by atoms with E-state index in [-0.39, 0.29) is 16.4 Å². The largest absolute Gasteiger partial charge is 0.456 e. The zero-order valence-corrected chi connectivity index (χ0v) is 17.7. The first-order valence-corrected chi connectivity index (χ1v) is 11.2. The van der Waals surface area contributed by atoms with Gasteiger partial charge in [-0.25, -0.2) is 4.79 Å². The van der Waals surface area contributed by atoms with Crippen LogP contribution in [-0.4, -0.2) is 45.0 Å². The third-order valence-corrected chi connectivity index (χ3v) is 9.14. The highest BCUT2D eigenvalue weighted by Gasteiger charge is 2.49. The Morgan fingerprint density at radius 2 is 1.54 bits per heavy atom. The molecule has 0 amide bonds. The molecule has 0 saturated carbocycles. The van der Waals surface area contributed by atoms with Crippen molar-refractivity contribution in [2.75, 3.05) is 7.11 Å². The van der Waals surface area contributed by atoms with Gasteiger partial charge in [0.2, 0.25) is 5.78 Å². The summed E-state index contributed by atoms with van der Waals surface area (Å²) in [7, 11) is -0.661. The van der Waals surface area contributed by atoms with Crippen LogP contribution in [-0.2, 0) is 23.5 Å². The highest BCUT2D eigenvalue weighted by Crippen LogP contribution is 2.41. The number of Topliss-reactive ketones (excluding diaryl/α,β-unsaturated/α-hetero) is 1. The van der Waals surface area contributed by atoms with Gasteiger partial charge in [-0.3, -0.25) is 4.79 Å². The number of ketones is 1. The van der Waals surface area contributed by atoms with Gasteiger partial charge in [0, 0.05) is 7.11 Å². The minimum absolute atomic E-state index is 0.0106. The molecular formula is C18H32O5Si. The summed E-state index contributed by atoms with van der Waals surface area (Å²) in [5.41, 5.74) is 0.0115. The number of esters is 1. The van der Waals surface area contributed by atoms with E-state index in [1.54, 1.807) is 27.7 Å². The van der Waals surface area contributed by atoms with Crippen molar-refractivity contribution < 1.29 is 23.5 Å². The lowest BCUT2D eigenvalue weighted by atomic mass is 10.1. The van der Waals surface area contributed by atoms with Crippen molar-refractivity contribution in [1.82, 2.24) is 0 Å². The van der Waals surface area contributed by atoms with Crippen LogP contribution in [0.3, 0.4) is 0 Å². The monoisotopic (exact) mass is 356 g/mol. The van der Waals surface area contributed by atoms with Gasteiger partial charge in [0.05, 0.1) is 0 Å². The molecule has 0 aromatic carbocycles. The zero-order chi connectivity index (χ0) is 19.1. The van der Waals surface area contributed by atoms with E-state index >= 15 is 0 Å². The van der Waals surface area contributed by atoms with Crippen LogP contribution in [0.2, 0.25) is 18.1 Å². The fourth-order valence-electron chi connectivity index (χ4n) is 2.31. The second-order valence-corrected chi connectivity index (χ2v) is 13.6. The molecule has 0 fully saturated rings. The Bertz CT molecular complexity index is 549. The summed E-state index contributed by atoms with van der Waals surface area (Å²) in [5, 5.41) is -0.0106. The maximum absolute atomic E-state index is 12.7. The van der Waals surface area contributed by atoms with Crippen molar-refractivity contribution in [2.45, 2.75) is 84.4 Å². The zero-order valence-electron chi connectivity index (χ0n) is 16.7. The number of methoxy groups -OCH3 is 1. The van der Waals surface area contributed by atoms with Crippen LogP contribution in [0.5, 0.6) is 0 Å². The van der Waals surface area contributed by atoms with E-state index in [9.17, 15) is 9.59 Å². The molecule has 1 aliphatic rings. The molecular weight excluding hydrogens is 324 g/mol. The Kier molecular flexibility index (Phi) is 5.90. The Hall–Kier alpha value is -0.983. The van der Waals surface area contributed by atoms with Crippen molar-refractivity contribution in [1.29, 1.82) is 0 Å². The van der Waals surface area contributed by atoms with Gasteiger partial charge in [-0.2, -0.15) is 0 Å². The molecule has 1 aliphatic carbocycles. The Morgan fingerprint density at radius 3 is 1.92 bits per heavy atom. The third-order valence-electron chi connectivity index (χ3n) is 4.69. The van der Waals surface area contributed by atoms with Crippen LogP contribution in [0.4, 0.5) is 0 Å². The highest BCUT2D eigenvalue weighted by molar-refractivity contribution is 6.74. The van der Waals surface area contributed by atoms with Crippen molar-refractivity contribution in [3.8, 4) is 0 Å². The molecule has 0 unspecified atom stereocenters. The van der Waals surface area contributed by atoms with Gasteiger partial charge in [0.25, 0.3) is 0 Å². The fourth-order valence-corrected chi connectivity index (χ4v) is 3.60. The summed E-state index contributed by atoms with van der Waals surface area (Å²) in [4.78, 5) is 25.1. The predicted octanol–water partition coefficient (Wildman–Crippen LogP) is 3.63. The quantitative estimate of drug-likeness (QED) is 0.437. The van der Waals surface area contributed by atoms with Gasteiger partial charge >= 0.3 is 5.97 Å². The lowest BCUT2D eigenvalue weighted by Gasteiger charge is -2.39. The average molecular weight is 357 g/mol. The van der Waals surface area contributed by atoms with Crippen molar-refractivity contribution in [2.24, 2.45) is 0 Å². The number of carbonyl (C=O) groups is 2. The van der Waals surface area contributed by atoms with Gasteiger partial charge < -0.3 is 13.9 Å². The van der Waals surface area contributed by atoms with Crippen LogP contribution in [0.1, 0.15) is 48.5 Å². The van der Waals surface area contributed by atoms with Crippen LogP contribution < -0.4 is 0 Å². The molecule has 0 N–H and O–H groups in total. The van der Waals surface area contributed by atoms with Crippen LogP contribution in [0, 0.1) is 0 Å². The molecule has 0 aromatic rings. The van der Waals surface area contributed by atoms with Crippen LogP contribution >= 0.6 is 0 Å². The van der Waals surface area contributed by atoms with E-state index in [4.69, 9.17) is 13.9 Å². The first-order chi connectivity index (χ1) is 10.6. The first-order valence-electron chi connectivity index (χ1n) is 8.31. The molecule has 0 aliphatic heterocycles. The second-order valence-electron chi connectivity index (χ2n) is 8.88. The minimum atomic E-state index is -2.13. The van der Waals surface area contributed by atoms with Crippen molar-refractivity contribution in [3.63, 3.8) is 0 Å². The molecule has 5 nitrogen and oxygen atoms in total. The molecule has 6 heteroatoms. The third kappa shape index (κ3) is 4.35. The molecule has 0 spiro atoms. The summed E-state index contributed by atoms with van der Waals surface area (Å²) < 4.78 is 17.1. The minimum Gasteiger partial charge on any atom is -0.456 e. The highest BCUT2D eigenvalue weighted by atomic mass is 28.4. The summed E-state index contributed by atoms with van der Waals surface area (Å²) in [6.07, 6.45) is -1.33. The molecule has 0 saturated heterocycles. The van der Waals surface area contributed by atoms with Crippen molar-refractivity contribution >= 4 is 20.1 Å². The molecule has 24 heavy (non-hydrogen) atoms. The normalized spacial score (nSPS) is 23.0. The summed E-state index contributed by atoms with van der Waals surface area (Å²) >= 11 is 0.